The molecule has 0 saturated carbocycles. The summed E-state index contributed by atoms with van der Waals surface area (Å²) in [7, 11) is 0. The van der Waals surface area contributed by atoms with E-state index in [9.17, 15) is 9.59 Å². The molecule has 5 heteroatoms. The molecule has 108 valence electrons. The van der Waals surface area contributed by atoms with Crippen LogP contribution in [0.25, 0.3) is 0 Å². The largest absolute Gasteiger partial charge is 0.398 e. The zero-order valence-corrected chi connectivity index (χ0v) is 12.4. The summed E-state index contributed by atoms with van der Waals surface area (Å²) in [5.41, 5.74) is 8.05. The van der Waals surface area contributed by atoms with E-state index in [4.69, 9.17) is 5.73 Å². The summed E-state index contributed by atoms with van der Waals surface area (Å²) in [5.74, 6) is -0.583. The molecule has 4 nitrogen and oxygen atoms in total. The number of nitrogens with two attached hydrogens (primary N) is 1. The summed E-state index contributed by atoms with van der Waals surface area (Å²) in [5, 5.41) is 2.36. The van der Waals surface area contributed by atoms with Crippen LogP contribution >= 0.6 is 11.8 Å². The van der Waals surface area contributed by atoms with Gasteiger partial charge in [0.2, 0.25) is 5.91 Å². The van der Waals surface area contributed by atoms with Crippen molar-refractivity contribution in [2.75, 3.05) is 11.5 Å². The van der Waals surface area contributed by atoms with Crippen molar-refractivity contribution in [1.29, 1.82) is 0 Å². The van der Waals surface area contributed by atoms with Crippen LogP contribution in [0.3, 0.4) is 0 Å². The molecule has 0 fully saturated rings. The van der Waals surface area contributed by atoms with Crippen LogP contribution in [0.4, 0.5) is 5.69 Å². The summed E-state index contributed by atoms with van der Waals surface area (Å²) in [6.45, 7) is 1.92. The minimum atomic E-state index is -0.390. The Labute approximate surface area is 127 Å². The van der Waals surface area contributed by atoms with Crippen molar-refractivity contribution >= 4 is 29.3 Å². The Morgan fingerprint density at radius 2 is 1.81 bits per heavy atom. The summed E-state index contributed by atoms with van der Waals surface area (Å²) in [6, 6.07) is 14.3. The molecule has 0 bridgehead atoms. The van der Waals surface area contributed by atoms with Crippen LogP contribution < -0.4 is 11.1 Å². The zero-order valence-electron chi connectivity index (χ0n) is 11.6. The van der Waals surface area contributed by atoms with Gasteiger partial charge in [-0.25, -0.2) is 0 Å². The normalized spacial score (nSPS) is 10.1. The number of rotatable bonds is 4. The van der Waals surface area contributed by atoms with Gasteiger partial charge in [-0.05, 0) is 30.7 Å². The van der Waals surface area contributed by atoms with Crippen molar-refractivity contribution in [3.05, 3.63) is 59.7 Å². The number of thioether (sulfide) groups is 1. The lowest BCUT2D eigenvalue weighted by Crippen LogP contribution is -2.31. The SMILES string of the molecule is Cc1cccc(SCC(=O)NC(=O)c2ccccc2)c1N. The van der Waals surface area contributed by atoms with Crippen molar-refractivity contribution in [2.45, 2.75) is 11.8 Å². The second-order valence-corrected chi connectivity index (χ2v) is 5.54. The first-order valence-corrected chi connectivity index (χ1v) is 7.43. The number of hydrogen-bond acceptors (Lipinski definition) is 4. The molecule has 2 amide bonds. The Morgan fingerprint density at radius 1 is 1.10 bits per heavy atom. The van der Waals surface area contributed by atoms with Crippen molar-refractivity contribution in [3.63, 3.8) is 0 Å². The Morgan fingerprint density at radius 3 is 2.52 bits per heavy atom. The van der Waals surface area contributed by atoms with Crippen LogP contribution in [0.2, 0.25) is 0 Å². The summed E-state index contributed by atoms with van der Waals surface area (Å²) in [6.07, 6.45) is 0. The van der Waals surface area contributed by atoms with Crippen LogP contribution in [0.1, 0.15) is 15.9 Å². The zero-order chi connectivity index (χ0) is 15.2. The van der Waals surface area contributed by atoms with E-state index in [1.807, 2.05) is 31.2 Å². The fourth-order valence-corrected chi connectivity index (χ4v) is 2.60. The van der Waals surface area contributed by atoms with E-state index in [1.165, 1.54) is 11.8 Å². The predicted molar refractivity (Wildman–Crippen MR) is 85.2 cm³/mol. The molecule has 3 N–H and O–H groups in total. The number of amides is 2. The first-order chi connectivity index (χ1) is 10.1. The molecule has 2 aromatic carbocycles. The molecule has 2 aromatic rings. The number of nitrogens with one attached hydrogen (secondary N) is 1. The molecule has 0 atom stereocenters. The van der Waals surface area contributed by atoms with Crippen LogP contribution in [0, 0.1) is 6.92 Å². The van der Waals surface area contributed by atoms with Gasteiger partial charge < -0.3 is 5.73 Å². The number of hydrogen-bond donors (Lipinski definition) is 2. The molecular weight excluding hydrogens is 284 g/mol. The highest BCUT2D eigenvalue weighted by Crippen LogP contribution is 2.27. The van der Waals surface area contributed by atoms with E-state index < -0.39 is 5.91 Å². The Balaban J connectivity index is 1.91. The average Bonchev–Trinajstić information content (AvgIpc) is 2.49. The maximum absolute atomic E-state index is 11.8. The first kappa shape index (κ1) is 15.1. The van der Waals surface area contributed by atoms with Gasteiger partial charge in [0.05, 0.1) is 5.75 Å². The first-order valence-electron chi connectivity index (χ1n) is 6.45. The fourth-order valence-electron chi connectivity index (χ4n) is 1.75. The molecule has 2 rings (SSSR count). The molecule has 21 heavy (non-hydrogen) atoms. The second-order valence-electron chi connectivity index (χ2n) is 4.52. The monoisotopic (exact) mass is 300 g/mol. The van der Waals surface area contributed by atoms with E-state index in [0.29, 0.717) is 11.3 Å². The number of nitrogen functional groups attached to an aromatic ring is 1. The third kappa shape index (κ3) is 4.10. The molecular formula is C16H16N2O2S. The van der Waals surface area contributed by atoms with Gasteiger partial charge in [0, 0.05) is 16.1 Å². The predicted octanol–water partition coefficient (Wildman–Crippen LogP) is 2.63. The number of benzene rings is 2. The van der Waals surface area contributed by atoms with E-state index in [1.54, 1.807) is 24.3 Å². The van der Waals surface area contributed by atoms with E-state index >= 15 is 0 Å². The van der Waals surface area contributed by atoms with E-state index in [2.05, 4.69) is 5.32 Å². The number of imide groups is 1. The maximum Gasteiger partial charge on any atom is 0.257 e. The Kier molecular flexibility index (Phi) is 5.00. The van der Waals surface area contributed by atoms with Gasteiger partial charge >= 0.3 is 0 Å². The number of anilines is 1. The van der Waals surface area contributed by atoms with E-state index in [-0.39, 0.29) is 11.7 Å². The van der Waals surface area contributed by atoms with Gasteiger partial charge in [0.1, 0.15) is 0 Å². The minimum absolute atomic E-state index is 0.145. The maximum atomic E-state index is 11.8. The lowest BCUT2D eigenvalue weighted by atomic mass is 10.2. The molecule has 0 radical (unpaired) electrons. The highest BCUT2D eigenvalue weighted by atomic mass is 32.2. The van der Waals surface area contributed by atoms with Crippen LogP contribution in [0.5, 0.6) is 0 Å². The lowest BCUT2D eigenvalue weighted by Gasteiger charge is -2.08. The molecule has 0 aliphatic heterocycles. The molecule has 0 saturated heterocycles. The lowest BCUT2D eigenvalue weighted by molar-refractivity contribution is -0.117. The van der Waals surface area contributed by atoms with Crippen molar-refractivity contribution < 1.29 is 9.59 Å². The van der Waals surface area contributed by atoms with Crippen LogP contribution in [-0.2, 0) is 4.79 Å². The average molecular weight is 300 g/mol. The van der Waals surface area contributed by atoms with Crippen LogP contribution in [0.15, 0.2) is 53.4 Å². The minimum Gasteiger partial charge on any atom is -0.398 e. The Bertz CT molecular complexity index is 657. The van der Waals surface area contributed by atoms with Gasteiger partial charge in [-0.3, -0.25) is 14.9 Å². The molecule has 0 aromatic heterocycles. The number of carbonyl (C=O) groups excluding carboxylic acids is 2. The number of para-hydroxylation sites is 1. The van der Waals surface area contributed by atoms with Gasteiger partial charge in [-0.1, -0.05) is 30.3 Å². The number of aryl methyl sites for hydroxylation is 1. The van der Waals surface area contributed by atoms with Crippen molar-refractivity contribution in [2.24, 2.45) is 0 Å². The Hall–Kier alpha value is -2.27. The van der Waals surface area contributed by atoms with Gasteiger partial charge in [0.15, 0.2) is 0 Å². The fraction of sp³-hybridized carbons (Fsp3) is 0.125. The third-order valence-corrected chi connectivity index (χ3v) is 4.01. The van der Waals surface area contributed by atoms with Crippen molar-refractivity contribution in [3.8, 4) is 0 Å². The second kappa shape index (κ2) is 6.95. The quantitative estimate of drug-likeness (QED) is 0.672. The highest BCUT2D eigenvalue weighted by Gasteiger charge is 2.11. The highest BCUT2D eigenvalue weighted by molar-refractivity contribution is 8.00. The third-order valence-electron chi connectivity index (χ3n) is 2.93. The molecule has 0 spiro atoms. The van der Waals surface area contributed by atoms with Crippen molar-refractivity contribution in [1.82, 2.24) is 5.32 Å². The summed E-state index contributed by atoms with van der Waals surface area (Å²) in [4.78, 5) is 24.5. The van der Waals surface area contributed by atoms with Gasteiger partial charge in [-0.2, -0.15) is 0 Å². The molecule has 0 aliphatic carbocycles. The summed E-state index contributed by atoms with van der Waals surface area (Å²) < 4.78 is 0. The molecule has 0 aliphatic rings. The molecule has 0 heterocycles. The van der Waals surface area contributed by atoms with Gasteiger partial charge in [0.25, 0.3) is 5.91 Å². The van der Waals surface area contributed by atoms with Crippen LogP contribution in [-0.4, -0.2) is 17.6 Å². The molecule has 0 unspecified atom stereocenters. The summed E-state index contributed by atoms with van der Waals surface area (Å²) >= 11 is 1.32. The topological polar surface area (TPSA) is 72.2 Å². The van der Waals surface area contributed by atoms with E-state index in [0.717, 1.165) is 10.5 Å². The van der Waals surface area contributed by atoms with Gasteiger partial charge in [-0.15, -0.1) is 11.8 Å². The smallest absolute Gasteiger partial charge is 0.257 e. The number of carbonyl (C=O) groups is 2. The standard InChI is InChI=1S/C16H16N2O2S/c1-11-6-5-9-13(15(11)17)21-10-14(19)18-16(20)12-7-3-2-4-8-12/h2-9H,10,17H2,1H3,(H,18,19,20).